The second-order valence-electron chi connectivity index (χ2n) is 2.46. The predicted molar refractivity (Wildman–Crippen MR) is 53.6 cm³/mol. The van der Waals surface area contributed by atoms with Crippen molar-refractivity contribution >= 4 is 22.9 Å². The van der Waals surface area contributed by atoms with Gasteiger partial charge in [0.05, 0.1) is 6.20 Å². The van der Waals surface area contributed by atoms with Crippen molar-refractivity contribution in [1.82, 2.24) is 4.98 Å². The number of ether oxygens (including phenoxy) is 1. The maximum Gasteiger partial charge on any atom is 0.280 e. The van der Waals surface area contributed by atoms with Crippen molar-refractivity contribution in [1.29, 1.82) is 0 Å². The van der Waals surface area contributed by atoms with E-state index >= 15 is 0 Å². The maximum atomic E-state index is 13.1. The van der Waals surface area contributed by atoms with Gasteiger partial charge in [-0.15, -0.1) is 0 Å². The van der Waals surface area contributed by atoms with Crippen LogP contribution in [0.1, 0.15) is 0 Å². The van der Waals surface area contributed by atoms with Gasteiger partial charge in [0.25, 0.3) is 5.19 Å². The first-order chi connectivity index (χ1) is 6.75. The van der Waals surface area contributed by atoms with E-state index in [0.717, 1.165) is 11.3 Å². The summed E-state index contributed by atoms with van der Waals surface area (Å²) in [6, 6.07) is 6.14. The maximum absolute atomic E-state index is 13.1. The van der Waals surface area contributed by atoms with Crippen LogP contribution in [-0.4, -0.2) is 4.98 Å². The van der Waals surface area contributed by atoms with Crippen molar-refractivity contribution in [2.45, 2.75) is 0 Å². The van der Waals surface area contributed by atoms with E-state index in [1.165, 1.54) is 18.3 Å². The molecule has 14 heavy (non-hydrogen) atoms. The third kappa shape index (κ3) is 2.02. The first-order valence-corrected chi connectivity index (χ1v) is 4.99. The Morgan fingerprint density at radius 1 is 1.36 bits per heavy atom. The van der Waals surface area contributed by atoms with Gasteiger partial charge in [0.1, 0.15) is 4.34 Å². The molecule has 72 valence electrons. The Morgan fingerprint density at radius 3 is 2.79 bits per heavy atom. The van der Waals surface area contributed by atoms with Gasteiger partial charge < -0.3 is 4.74 Å². The highest BCUT2D eigenvalue weighted by molar-refractivity contribution is 7.17. The highest BCUT2D eigenvalue weighted by Crippen LogP contribution is 2.30. The Balaban J connectivity index is 2.23. The normalized spacial score (nSPS) is 10.1. The summed E-state index contributed by atoms with van der Waals surface area (Å²) >= 11 is 6.81. The molecule has 2 nitrogen and oxygen atoms in total. The minimum absolute atomic E-state index is 0.151. The topological polar surface area (TPSA) is 22.1 Å². The Labute approximate surface area is 88.9 Å². The predicted octanol–water partition coefficient (Wildman–Crippen LogP) is 3.73. The van der Waals surface area contributed by atoms with Crippen LogP contribution < -0.4 is 4.74 Å². The molecule has 0 aliphatic rings. The van der Waals surface area contributed by atoms with Crippen LogP contribution in [-0.2, 0) is 0 Å². The molecule has 5 heteroatoms. The van der Waals surface area contributed by atoms with Crippen molar-refractivity contribution in [2.24, 2.45) is 0 Å². The quantitative estimate of drug-likeness (QED) is 0.783. The summed E-state index contributed by atoms with van der Waals surface area (Å²) in [7, 11) is 0. The zero-order chi connectivity index (χ0) is 9.97. The monoisotopic (exact) mass is 229 g/mol. The molecule has 0 aliphatic heterocycles. The van der Waals surface area contributed by atoms with Gasteiger partial charge >= 0.3 is 0 Å². The number of aromatic nitrogens is 1. The Morgan fingerprint density at radius 2 is 2.14 bits per heavy atom. The molecule has 0 aliphatic carbocycles. The third-order valence-corrected chi connectivity index (χ3v) is 2.48. The first-order valence-electron chi connectivity index (χ1n) is 3.79. The second-order valence-corrected chi connectivity index (χ2v) is 4.09. The van der Waals surface area contributed by atoms with Crippen LogP contribution in [0.5, 0.6) is 10.9 Å². The van der Waals surface area contributed by atoms with Crippen LogP contribution in [0, 0.1) is 5.82 Å². The number of benzene rings is 1. The summed E-state index contributed by atoms with van der Waals surface area (Å²) in [4.78, 5) is 3.85. The lowest BCUT2D eigenvalue weighted by molar-refractivity contribution is 0.439. The number of halogens is 2. The summed E-state index contributed by atoms with van der Waals surface area (Å²) in [5.74, 6) is -0.266. The third-order valence-electron chi connectivity index (χ3n) is 1.49. The van der Waals surface area contributed by atoms with Gasteiger partial charge in [-0.3, -0.25) is 0 Å². The molecule has 2 aromatic rings. The Hall–Kier alpha value is -1.13. The van der Waals surface area contributed by atoms with E-state index in [2.05, 4.69) is 4.98 Å². The van der Waals surface area contributed by atoms with Crippen molar-refractivity contribution in [3.05, 3.63) is 40.6 Å². The van der Waals surface area contributed by atoms with Gasteiger partial charge in [-0.1, -0.05) is 35.1 Å². The summed E-state index contributed by atoms with van der Waals surface area (Å²) in [5, 5.41) is 0.333. The fraction of sp³-hybridized carbons (Fsp3) is 0. The van der Waals surface area contributed by atoms with Crippen molar-refractivity contribution < 1.29 is 9.13 Å². The average Bonchev–Trinajstić information content (AvgIpc) is 2.56. The lowest BCUT2D eigenvalue weighted by atomic mass is 10.3. The van der Waals surface area contributed by atoms with Gasteiger partial charge in [0, 0.05) is 0 Å². The SMILES string of the molecule is Fc1ccccc1Oc1ncc(Cl)s1. The molecule has 1 heterocycles. The molecule has 0 atom stereocenters. The number of hydrogen-bond donors (Lipinski definition) is 0. The molecule has 0 spiro atoms. The minimum atomic E-state index is -0.418. The van der Waals surface area contributed by atoms with E-state index in [1.54, 1.807) is 12.1 Å². The molecule has 0 saturated carbocycles. The zero-order valence-corrected chi connectivity index (χ0v) is 8.48. The Bertz CT molecular complexity index is 446. The van der Waals surface area contributed by atoms with Crippen LogP contribution in [0.25, 0.3) is 0 Å². The number of hydrogen-bond acceptors (Lipinski definition) is 3. The van der Waals surface area contributed by atoms with Gasteiger partial charge in [-0.05, 0) is 12.1 Å². The number of para-hydroxylation sites is 1. The largest absolute Gasteiger partial charge is 0.428 e. The van der Waals surface area contributed by atoms with Crippen LogP contribution in [0.4, 0.5) is 4.39 Å². The van der Waals surface area contributed by atoms with Gasteiger partial charge in [0.15, 0.2) is 11.6 Å². The zero-order valence-electron chi connectivity index (χ0n) is 6.91. The summed E-state index contributed by atoms with van der Waals surface area (Å²) in [6.07, 6.45) is 1.46. The average molecular weight is 230 g/mol. The van der Waals surface area contributed by atoms with Crippen molar-refractivity contribution in [3.63, 3.8) is 0 Å². The molecule has 0 N–H and O–H groups in total. The molecule has 0 fully saturated rings. The molecular formula is C9H5ClFNOS. The van der Waals surface area contributed by atoms with E-state index in [0.29, 0.717) is 9.53 Å². The molecule has 0 bridgehead atoms. The fourth-order valence-electron chi connectivity index (χ4n) is 0.908. The molecule has 0 saturated heterocycles. The molecule has 2 rings (SSSR count). The van der Waals surface area contributed by atoms with Crippen LogP contribution >= 0.6 is 22.9 Å². The minimum Gasteiger partial charge on any atom is -0.428 e. The highest BCUT2D eigenvalue weighted by atomic mass is 35.5. The standard InChI is InChI=1S/C9H5ClFNOS/c10-8-5-12-9(14-8)13-7-4-2-1-3-6(7)11/h1-5H. The summed E-state index contributed by atoms with van der Waals surface area (Å²) in [5.41, 5.74) is 0. The molecular weight excluding hydrogens is 225 g/mol. The molecule has 0 unspecified atom stereocenters. The van der Waals surface area contributed by atoms with Crippen LogP contribution in [0.2, 0.25) is 4.34 Å². The molecule has 0 amide bonds. The van der Waals surface area contributed by atoms with Crippen molar-refractivity contribution in [2.75, 3.05) is 0 Å². The summed E-state index contributed by atoms with van der Waals surface area (Å²) in [6.45, 7) is 0. The molecule has 0 radical (unpaired) electrons. The first kappa shape index (κ1) is 9.43. The summed E-state index contributed by atoms with van der Waals surface area (Å²) < 4.78 is 18.8. The van der Waals surface area contributed by atoms with Gasteiger partial charge in [-0.2, -0.15) is 0 Å². The van der Waals surface area contributed by atoms with Gasteiger partial charge in [0.2, 0.25) is 0 Å². The lowest BCUT2D eigenvalue weighted by Gasteiger charge is -2.01. The number of nitrogens with zero attached hydrogens (tertiary/aromatic N) is 1. The van der Waals surface area contributed by atoms with Crippen LogP contribution in [0.3, 0.4) is 0 Å². The van der Waals surface area contributed by atoms with E-state index in [9.17, 15) is 4.39 Å². The smallest absolute Gasteiger partial charge is 0.280 e. The van der Waals surface area contributed by atoms with E-state index in [1.807, 2.05) is 0 Å². The highest BCUT2D eigenvalue weighted by Gasteiger charge is 2.06. The fourth-order valence-corrected chi connectivity index (χ4v) is 1.66. The molecule has 1 aromatic heterocycles. The lowest BCUT2D eigenvalue weighted by Crippen LogP contribution is -1.85. The van der Waals surface area contributed by atoms with E-state index < -0.39 is 5.82 Å². The molecule has 1 aromatic carbocycles. The Kier molecular flexibility index (Phi) is 2.65. The van der Waals surface area contributed by atoms with E-state index in [4.69, 9.17) is 16.3 Å². The second kappa shape index (κ2) is 3.94. The number of rotatable bonds is 2. The number of thiazole rings is 1. The van der Waals surface area contributed by atoms with Crippen LogP contribution in [0.15, 0.2) is 30.5 Å². The van der Waals surface area contributed by atoms with E-state index in [-0.39, 0.29) is 5.75 Å². The van der Waals surface area contributed by atoms with Crippen molar-refractivity contribution in [3.8, 4) is 10.9 Å². The van der Waals surface area contributed by atoms with Gasteiger partial charge in [-0.25, -0.2) is 9.37 Å².